The molecule has 1 saturated heterocycles. The van der Waals surface area contributed by atoms with Gasteiger partial charge >= 0.3 is 0 Å². The van der Waals surface area contributed by atoms with Crippen molar-refractivity contribution in [1.29, 1.82) is 0 Å². The maximum Gasteiger partial charge on any atom is 0.160 e. The zero-order valence-corrected chi connectivity index (χ0v) is 13.1. The molecular formula is C14H17Cl2N3O. The van der Waals surface area contributed by atoms with Crippen molar-refractivity contribution in [3.63, 3.8) is 0 Å². The van der Waals surface area contributed by atoms with Crippen molar-refractivity contribution in [2.75, 3.05) is 13.2 Å². The Morgan fingerprint density at radius 2 is 2.10 bits per heavy atom. The Balaban J connectivity index is 2.23. The first-order chi connectivity index (χ1) is 9.51. The number of halogens is 2. The fourth-order valence-corrected chi connectivity index (χ4v) is 3.09. The first kappa shape index (κ1) is 14.1. The summed E-state index contributed by atoms with van der Waals surface area (Å²) in [6, 6.07) is 1.84. The van der Waals surface area contributed by atoms with E-state index in [-0.39, 0.29) is 10.9 Å². The molecule has 0 saturated carbocycles. The van der Waals surface area contributed by atoms with E-state index in [4.69, 9.17) is 27.9 Å². The highest BCUT2D eigenvalue weighted by atomic mass is 35.5. The summed E-state index contributed by atoms with van der Waals surface area (Å²) in [7, 11) is 0. The highest BCUT2D eigenvalue weighted by Gasteiger charge is 2.34. The van der Waals surface area contributed by atoms with Gasteiger partial charge in [-0.05, 0) is 32.8 Å². The lowest BCUT2D eigenvalue weighted by Crippen LogP contribution is -2.38. The maximum atomic E-state index is 6.33. The Morgan fingerprint density at radius 1 is 1.40 bits per heavy atom. The number of hydrogen-bond donors (Lipinski definition) is 0. The second kappa shape index (κ2) is 5.17. The van der Waals surface area contributed by atoms with E-state index < -0.39 is 0 Å². The number of imidazole rings is 1. The molecular weight excluding hydrogens is 297 g/mol. The molecule has 0 amide bonds. The lowest BCUT2D eigenvalue weighted by molar-refractivity contribution is 0.0298. The van der Waals surface area contributed by atoms with Crippen LogP contribution in [-0.2, 0) is 10.3 Å². The smallest absolute Gasteiger partial charge is 0.160 e. The van der Waals surface area contributed by atoms with Gasteiger partial charge in [-0.2, -0.15) is 0 Å². The largest absolute Gasteiger partial charge is 0.381 e. The van der Waals surface area contributed by atoms with Crippen LogP contribution < -0.4 is 0 Å². The number of ether oxygens (including phenoxy) is 1. The van der Waals surface area contributed by atoms with E-state index in [1.54, 1.807) is 6.20 Å². The summed E-state index contributed by atoms with van der Waals surface area (Å²) in [5, 5.41) is 0.413. The molecule has 1 unspecified atom stereocenters. The van der Waals surface area contributed by atoms with Gasteiger partial charge in [-0.3, -0.25) is 0 Å². The van der Waals surface area contributed by atoms with Gasteiger partial charge in [0.2, 0.25) is 0 Å². The molecule has 1 atom stereocenters. The molecule has 3 rings (SSSR count). The van der Waals surface area contributed by atoms with Gasteiger partial charge in [0.25, 0.3) is 0 Å². The molecule has 1 aliphatic heterocycles. The summed E-state index contributed by atoms with van der Waals surface area (Å²) in [6.07, 6.45) is 3.52. The molecule has 0 radical (unpaired) electrons. The van der Waals surface area contributed by atoms with Crippen LogP contribution in [0.4, 0.5) is 0 Å². The molecule has 0 spiro atoms. The van der Waals surface area contributed by atoms with E-state index in [0.717, 1.165) is 43.0 Å². The van der Waals surface area contributed by atoms with Crippen LogP contribution in [0.25, 0.3) is 11.2 Å². The molecule has 0 aromatic carbocycles. The third-order valence-corrected chi connectivity index (χ3v) is 4.36. The van der Waals surface area contributed by atoms with Gasteiger partial charge < -0.3 is 9.30 Å². The minimum absolute atomic E-state index is 0.0632. The van der Waals surface area contributed by atoms with E-state index in [1.807, 2.05) is 13.0 Å². The van der Waals surface area contributed by atoms with Gasteiger partial charge in [0.15, 0.2) is 5.65 Å². The molecule has 0 bridgehead atoms. The van der Waals surface area contributed by atoms with E-state index in [1.165, 1.54) is 0 Å². The van der Waals surface area contributed by atoms with Gasteiger partial charge in [0.05, 0.1) is 10.4 Å². The summed E-state index contributed by atoms with van der Waals surface area (Å²) >= 11 is 12.3. The van der Waals surface area contributed by atoms with Gasteiger partial charge in [-0.15, -0.1) is 11.6 Å². The summed E-state index contributed by atoms with van der Waals surface area (Å²) in [6.45, 7) is 5.65. The van der Waals surface area contributed by atoms with Crippen molar-refractivity contribution in [3.8, 4) is 0 Å². The molecule has 20 heavy (non-hydrogen) atoms. The molecule has 2 aromatic heterocycles. The first-order valence-corrected chi connectivity index (χ1v) is 7.59. The van der Waals surface area contributed by atoms with Gasteiger partial charge in [0, 0.05) is 24.9 Å². The monoisotopic (exact) mass is 313 g/mol. The number of nitrogens with zero attached hydrogens (tertiary/aromatic N) is 3. The average Bonchev–Trinajstić information content (AvgIpc) is 2.79. The molecule has 2 aromatic rings. The van der Waals surface area contributed by atoms with Crippen LogP contribution in [0, 0.1) is 0 Å². The van der Waals surface area contributed by atoms with E-state index in [9.17, 15) is 0 Å². The summed E-state index contributed by atoms with van der Waals surface area (Å²) < 4.78 is 7.67. The quantitative estimate of drug-likeness (QED) is 0.789. The Hall–Kier alpha value is -0.840. The predicted molar refractivity (Wildman–Crippen MR) is 80.5 cm³/mol. The minimum Gasteiger partial charge on any atom is -0.381 e. The van der Waals surface area contributed by atoms with Crippen molar-refractivity contribution in [2.24, 2.45) is 0 Å². The molecule has 108 valence electrons. The average molecular weight is 314 g/mol. The van der Waals surface area contributed by atoms with Crippen molar-refractivity contribution in [2.45, 2.75) is 37.6 Å². The molecule has 1 fully saturated rings. The lowest BCUT2D eigenvalue weighted by atomic mass is 9.92. The van der Waals surface area contributed by atoms with E-state index >= 15 is 0 Å². The number of fused-ring (bicyclic) bond motifs is 1. The van der Waals surface area contributed by atoms with Crippen LogP contribution in [0.15, 0.2) is 12.3 Å². The van der Waals surface area contributed by atoms with Crippen LogP contribution in [0.5, 0.6) is 0 Å². The van der Waals surface area contributed by atoms with Crippen LogP contribution in [0.3, 0.4) is 0 Å². The second-order valence-corrected chi connectivity index (χ2v) is 6.62. The second-order valence-electron chi connectivity index (χ2n) is 5.53. The number of alkyl halides is 1. The number of aromatic nitrogens is 3. The Labute approximate surface area is 128 Å². The van der Waals surface area contributed by atoms with Gasteiger partial charge in [-0.1, -0.05) is 11.6 Å². The Morgan fingerprint density at radius 3 is 2.75 bits per heavy atom. The number of pyridine rings is 1. The van der Waals surface area contributed by atoms with Gasteiger partial charge in [0.1, 0.15) is 11.3 Å². The van der Waals surface area contributed by atoms with Crippen molar-refractivity contribution in [1.82, 2.24) is 14.5 Å². The minimum atomic E-state index is -0.178. The highest BCUT2D eigenvalue weighted by Crippen LogP contribution is 2.36. The fourth-order valence-electron chi connectivity index (χ4n) is 2.79. The zero-order chi connectivity index (χ0) is 14.3. The molecule has 1 aliphatic rings. The van der Waals surface area contributed by atoms with Crippen LogP contribution in [0.2, 0.25) is 5.02 Å². The van der Waals surface area contributed by atoms with Crippen LogP contribution in [-0.4, -0.2) is 27.7 Å². The molecule has 0 N–H and O–H groups in total. The molecule has 0 aliphatic carbocycles. The standard InChI is InChI=1S/C14H17Cl2N3O/c1-9(15)12-18-11-7-10(16)8-17-13(11)19(12)14(2)3-5-20-6-4-14/h7-9H,3-6H2,1-2H3. The van der Waals surface area contributed by atoms with Crippen molar-refractivity contribution < 1.29 is 4.74 Å². The first-order valence-electron chi connectivity index (χ1n) is 6.77. The van der Waals surface area contributed by atoms with Crippen molar-refractivity contribution >= 4 is 34.4 Å². The topological polar surface area (TPSA) is 39.9 Å². The van der Waals surface area contributed by atoms with Crippen molar-refractivity contribution in [3.05, 3.63) is 23.1 Å². The van der Waals surface area contributed by atoms with Crippen LogP contribution >= 0.6 is 23.2 Å². The normalized spacial score (nSPS) is 20.2. The predicted octanol–water partition coefficient (Wildman–Crippen LogP) is 3.91. The summed E-state index contributed by atoms with van der Waals surface area (Å²) in [5.41, 5.74) is 1.58. The maximum absolute atomic E-state index is 6.33. The van der Waals surface area contributed by atoms with Gasteiger partial charge in [-0.25, -0.2) is 9.97 Å². The fraction of sp³-hybridized carbons (Fsp3) is 0.571. The lowest BCUT2D eigenvalue weighted by Gasteiger charge is -2.36. The third-order valence-electron chi connectivity index (χ3n) is 3.96. The number of hydrogen-bond acceptors (Lipinski definition) is 3. The zero-order valence-electron chi connectivity index (χ0n) is 11.6. The van der Waals surface area contributed by atoms with E-state index in [2.05, 4.69) is 21.5 Å². The molecule has 6 heteroatoms. The molecule has 4 nitrogen and oxygen atoms in total. The Bertz CT molecular complexity index is 633. The highest BCUT2D eigenvalue weighted by molar-refractivity contribution is 6.31. The Kier molecular flexibility index (Phi) is 3.65. The summed E-state index contributed by atoms with van der Waals surface area (Å²) in [4.78, 5) is 9.11. The third kappa shape index (κ3) is 2.30. The van der Waals surface area contributed by atoms with E-state index in [0.29, 0.717) is 5.02 Å². The number of rotatable bonds is 2. The SMILES string of the molecule is CC(Cl)c1nc2cc(Cl)cnc2n1C1(C)CCOCC1. The van der Waals surface area contributed by atoms with Crippen LogP contribution in [0.1, 0.15) is 37.9 Å². The molecule has 3 heterocycles. The summed E-state index contributed by atoms with van der Waals surface area (Å²) in [5.74, 6) is 0.848.